The number of hydrogen-bond donors (Lipinski definition) is 1. The summed E-state index contributed by atoms with van der Waals surface area (Å²) in [4.78, 5) is 11.4. The summed E-state index contributed by atoms with van der Waals surface area (Å²) < 4.78 is 17.4. The molecule has 27 heavy (non-hydrogen) atoms. The molecular weight excluding hydrogens is 480 g/mol. The number of aliphatic hydroxyl groups excluding tert-OH is 1. The van der Waals surface area contributed by atoms with Crippen LogP contribution in [0.15, 0.2) is 39.3 Å². The lowest BCUT2D eigenvalue weighted by molar-refractivity contribution is -0.150. The first-order valence-electron chi connectivity index (χ1n) is 8.36. The third kappa shape index (κ3) is 5.46. The number of halogens is 2. The molecule has 0 aliphatic heterocycles. The van der Waals surface area contributed by atoms with E-state index < -0.39 is 12.1 Å². The number of rotatable bonds is 7. The zero-order valence-corrected chi connectivity index (χ0v) is 18.8. The van der Waals surface area contributed by atoms with Crippen molar-refractivity contribution in [2.45, 2.75) is 32.3 Å². The second-order valence-corrected chi connectivity index (χ2v) is 8.00. The molecule has 2 rings (SSSR count). The van der Waals surface area contributed by atoms with Gasteiger partial charge in [0.2, 0.25) is 0 Å². The van der Waals surface area contributed by atoms with Crippen LogP contribution in [0.4, 0.5) is 0 Å². The zero-order chi connectivity index (χ0) is 20.1. The third-order valence-corrected chi connectivity index (χ3v) is 5.18. The normalized spacial score (nSPS) is 12.0. The summed E-state index contributed by atoms with van der Waals surface area (Å²) in [6.07, 6.45) is -1.07. The standard InChI is InChI=1S/C20H22Br2O5/c1-11(2)14-10-13(5-6-18(14)25-3)27-19-15(21)7-12(8-16(19)22)9-17(23)20(24)26-4/h5-8,10-11,17,23H,9H2,1-4H3. The minimum Gasteiger partial charge on any atom is -0.496 e. The lowest BCUT2D eigenvalue weighted by Gasteiger charge is -2.16. The van der Waals surface area contributed by atoms with E-state index in [0.29, 0.717) is 20.4 Å². The molecular formula is C20H22Br2O5. The molecule has 0 saturated heterocycles. The van der Waals surface area contributed by atoms with Gasteiger partial charge in [-0.1, -0.05) is 13.8 Å². The van der Waals surface area contributed by atoms with Gasteiger partial charge in [0.05, 0.1) is 23.2 Å². The molecule has 0 radical (unpaired) electrons. The van der Waals surface area contributed by atoms with E-state index in [9.17, 15) is 9.90 Å². The SMILES string of the molecule is COC(=O)C(O)Cc1cc(Br)c(Oc2ccc(OC)c(C(C)C)c2)c(Br)c1. The summed E-state index contributed by atoms with van der Waals surface area (Å²) in [5.74, 6) is 1.73. The Bertz CT molecular complexity index is 797. The van der Waals surface area contributed by atoms with Gasteiger partial charge < -0.3 is 19.3 Å². The van der Waals surface area contributed by atoms with Gasteiger partial charge in [0.1, 0.15) is 11.5 Å². The van der Waals surface area contributed by atoms with Crippen molar-refractivity contribution in [1.29, 1.82) is 0 Å². The number of aliphatic hydroxyl groups is 1. The van der Waals surface area contributed by atoms with Gasteiger partial charge in [0.25, 0.3) is 0 Å². The molecule has 5 nitrogen and oxygen atoms in total. The maximum atomic E-state index is 11.4. The molecule has 0 saturated carbocycles. The number of carbonyl (C=O) groups is 1. The maximum absolute atomic E-state index is 11.4. The molecule has 146 valence electrons. The molecule has 0 heterocycles. The third-order valence-electron chi connectivity index (χ3n) is 4.00. The Balaban J connectivity index is 2.27. The second-order valence-electron chi connectivity index (χ2n) is 6.29. The first kappa shape index (κ1) is 21.7. The number of ether oxygens (including phenoxy) is 3. The Kier molecular flexibility index (Phi) is 7.70. The smallest absolute Gasteiger partial charge is 0.335 e. The average molecular weight is 502 g/mol. The van der Waals surface area contributed by atoms with Crippen molar-refractivity contribution in [2.24, 2.45) is 0 Å². The van der Waals surface area contributed by atoms with Gasteiger partial charge >= 0.3 is 5.97 Å². The Morgan fingerprint density at radius 3 is 2.26 bits per heavy atom. The zero-order valence-electron chi connectivity index (χ0n) is 15.6. The molecule has 0 aromatic heterocycles. The van der Waals surface area contributed by atoms with Crippen LogP contribution in [-0.2, 0) is 16.0 Å². The highest BCUT2D eigenvalue weighted by molar-refractivity contribution is 9.11. The number of hydrogen-bond acceptors (Lipinski definition) is 5. The molecule has 1 atom stereocenters. The Labute approximate surface area is 175 Å². The molecule has 7 heteroatoms. The number of benzene rings is 2. The van der Waals surface area contributed by atoms with Crippen LogP contribution in [0, 0.1) is 0 Å². The predicted molar refractivity (Wildman–Crippen MR) is 111 cm³/mol. The fourth-order valence-corrected chi connectivity index (χ4v) is 4.06. The topological polar surface area (TPSA) is 65.0 Å². The van der Waals surface area contributed by atoms with Crippen LogP contribution in [0.5, 0.6) is 17.2 Å². The minimum atomic E-state index is -1.21. The van der Waals surface area contributed by atoms with Gasteiger partial charge in [-0.05, 0) is 73.7 Å². The highest BCUT2D eigenvalue weighted by Crippen LogP contribution is 2.39. The van der Waals surface area contributed by atoms with E-state index in [0.717, 1.165) is 16.9 Å². The van der Waals surface area contributed by atoms with Crippen molar-refractivity contribution in [3.05, 3.63) is 50.4 Å². The largest absolute Gasteiger partial charge is 0.496 e. The second kappa shape index (κ2) is 9.57. The van der Waals surface area contributed by atoms with Crippen LogP contribution in [0.2, 0.25) is 0 Å². The summed E-state index contributed by atoms with van der Waals surface area (Å²) in [5, 5.41) is 9.84. The van der Waals surface area contributed by atoms with Crippen molar-refractivity contribution in [1.82, 2.24) is 0 Å². The fourth-order valence-electron chi connectivity index (χ4n) is 2.62. The Morgan fingerprint density at radius 1 is 1.11 bits per heavy atom. The molecule has 2 aromatic rings. The van der Waals surface area contributed by atoms with Crippen molar-refractivity contribution in [2.75, 3.05) is 14.2 Å². The molecule has 0 amide bonds. The maximum Gasteiger partial charge on any atom is 0.335 e. The summed E-state index contributed by atoms with van der Waals surface area (Å²) >= 11 is 7.00. The van der Waals surface area contributed by atoms with Crippen molar-refractivity contribution >= 4 is 37.8 Å². The Morgan fingerprint density at radius 2 is 1.74 bits per heavy atom. The van der Waals surface area contributed by atoms with E-state index in [1.807, 2.05) is 18.2 Å². The molecule has 0 bridgehead atoms. The first-order valence-corrected chi connectivity index (χ1v) is 9.95. The molecule has 0 fully saturated rings. The van der Waals surface area contributed by atoms with E-state index in [1.54, 1.807) is 19.2 Å². The van der Waals surface area contributed by atoms with E-state index in [2.05, 4.69) is 50.4 Å². The van der Waals surface area contributed by atoms with Crippen LogP contribution < -0.4 is 9.47 Å². The Hall–Kier alpha value is -1.57. The molecule has 1 N–H and O–H groups in total. The number of carbonyl (C=O) groups excluding carboxylic acids is 1. The quantitative estimate of drug-likeness (QED) is 0.527. The van der Waals surface area contributed by atoms with Gasteiger partial charge in [-0.15, -0.1) is 0 Å². The summed E-state index contributed by atoms with van der Waals surface area (Å²) in [5.41, 5.74) is 1.82. The predicted octanol–water partition coefficient (Wildman–Crippen LogP) is 5.21. The van der Waals surface area contributed by atoms with Gasteiger partial charge in [0, 0.05) is 12.0 Å². The highest BCUT2D eigenvalue weighted by atomic mass is 79.9. The number of esters is 1. The first-order chi connectivity index (χ1) is 12.8. The monoisotopic (exact) mass is 500 g/mol. The average Bonchev–Trinajstić information content (AvgIpc) is 2.63. The summed E-state index contributed by atoms with van der Waals surface area (Å²) in [6.45, 7) is 4.18. The molecule has 1 unspecified atom stereocenters. The van der Waals surface area contributed by atoms with Gasteiger partial charge in [-0.25, -0.2) is 4.79 Å². The van der Waals surface area contributed by atoms with Crippen LogP contribution in [0.25, 0.3) is 0 Å². The van der Waals surface area contributed by atoms with E-state index in [1.165, 1.54) is 7.11 Å². The molecule has 0 aliphatic carbocycles. The summed E-state index contributed by atoms with van der Waals surface area (Å²) in [6, 6.07) is 9.29. The summed E-state index contributed by atoms with van der Waals surface area (Å²) in [7, 11) is 2.89. The fraction of sp³-hybridized carbons (Fsp3) is 0.350. The lowest BCUT2D eigenvalue weighted by Crippen LogP contribution is -2.24. The van der Waals surface area contributed by atoms with Crippen LogP contribution >= 0.6 is 31.9 Å². The highest BCUT2D eigenvalue weighted by Gasteiger charge is 2.18. The van der Waals surface area contributed by atoms with Crippen molar-refractivity contribution in [3.8, 4) is 17.2 Å². The van der Waals surface area contributed by atoms with Crippen LogP contribution in [0.3, 0.4) is 0 Å². The lowest BCUT2D eigenvalue weighted by atomic mass is 10.0. The van der Waals surface area contributed by atoms with Crippen LogP contribution in [0.1, 0.15) is 30.9 Å². The van der Waals surface area contributed by atoms with Crippen molar-refractivity contribution < 1.29 is 24.1 Å². The van der Waals surface area contributed by atoms with E-state index in [-0.39, 0.29) is 12.3 Å². The number of methoxy groups -OCH3 is 2. The molecule has 0 spiro atoms. The van der Waals surface area contributed by atoms with E-state index >= 15 is 0 Å². The van der Waals surface area contributed by atoms with Crippen LogP contribution in [-0.4, -0.2) is 31.4 Å². The van der Waals surface area contributed by atoms with Crippen molar-refractivity contribution in [3.63, 3.8) is 0 Å². The minimum absolute atomic E-state index is 0.143. The van der Waals surface area contributed by atoms with E-state index in [4.69, 9.17) is 9.47 Å². The molecule has 0 aliphatic rings. The van der Waals surface area contributed by atoms with Gasteiger partial charge in [0.15, 0.2) is 11.9 Å². The van der Waals surface area contributed by atoms with Gasteiger partial charge in [-0.2, -0.15) is 0 Å². The van der Waals surface area contributed by atoms with Gasteiger partial charge in [-0.3, -0.25) is 0 Å². The molecule has 2 aromatic carbocycles.